The van der Waals surface area contributed by atoms with Crippen LogP contribution in [-0.4, -0.2) is 18.5 Å². The zero-order chi connectivity index (χ0) is 12.3. The van der Waals surface area contributed by atoms with Gasteiger partial charge in [0.2, 0.25) is 0 Å². The van der Waals surface area contributed by atoms with Crippen molar-refractivity contribution in [2.45, 2.75) is 13.3 Å². The maximum Gasteiger partial charge on any atom is 0.315 e. The molecule has 0 bridgehead atoms. The number of esters is 2. The van der Waals surface area contributed by atoms with Crippen LogP contribution in [0, 0.1) is 11.8 Å². The van der Waals surface area contributed by atoms with Gasteiger partial charge in [-0.2, -0.15) is 0 Å². The van der Waals surface area contributed by atoms with E-state index in [0.717, 1.165) is 0 Å². The van der Waals surface area contributed by atoms with Gasteiger partial charge in [-0.1, -0.05) is 18.2 Å². The maximum absolute atomic E-state index is 11.7. The number of hydrogen-bond donors (Lipinski definition) is 0. The molecule has 2 rings (SSSR count). The fourth-order valence-corrected chi connectivity index (χ4v) is 1.65. The van der Waals surface area contributed by atoms with Crippen LogP contribution in [0.3, 0.4) is 0 Å². The molecule has 17 heavy (non-hydrogen) atoms. The standard InChI is InChI=1S/C13H14O4/c1-2-16-12(14)10-8-11(10)13(15)17-9-6-4-3-5-7-9/h3-7,10-11H,2,8H2,1H3/t10-,11-/m1/s1. The molecule has 0 saturated heterocycles. The highest BCUT2D eigenvalue weighted by atomic mass is 16.5. The molecule has 1 aromatic carbocycles. The lowest BCUT2D eigenvalue weighted by atomic mass is 10.3. The first-order chi connectivity index (χ1) is 8.22. The normalized spacial score (nSPS) is 21.7. The van der Waals surface area contributed by atoms with Gasteiger partial charge in [-0.25, -0.2) is 0 Å². The van der Waals surface area contributed by atoms with Gasteiger partial charge in [-0.3, -0.25) is 9.59 Å². The first kappa shape index (κ1) is 11.6. The van der Waals surface area contributed by atoms with Crippen molar-refractivity contribution >= 4 is 11.9 Å². The molecular weight excluding hydrogens is 220 g/mol. The molecule has 1 aliphatic carbocycles. The smallest absolute Gasteiger partial charge is 0.315 e. The summed E-state index contributed by atoms with van der Waals surface area (Å²) in [4.78, 5) is 23.0. The number of hydrogen-bond acceptors (Lipinski definition) is 4. The van der Waals surface area contributed by atoms with Crippen molar-refractivity contribution in [1.29, 1.82) is 0 Å². The summed E-state index contributed by atoms with van der Waals surface area (Å²) >= 11 is 0. The summed E-state index contributed by atoms with van der Waals surface area (Å²) in [6, 6.07) is 8.84. The van der Waals surface area contributed by atoms with Crippen LogP contribution in [0.4, 0.5) is 0 Å². The first-order valence-electron chi connectivity index (χ1n) is 5.65. The number of benzene rings is 1. The Balaban J connectivity index is 1.85. The van der Waals surface area contributed by atoms with Gasteiger partial charge in [0.1, 0.15) is 5.75 Å². The third-order valence-electron chi connectivity index (χ3n) is 2.64. The van der Waals surface area contributed by atoms with Crippen LogP contribution in [0.1, 0.15) is 13.3 Å². The topological polar surface area (TPSA) is 52.6 Å². The molecule has 0 amide bonds. The Morgan fingerprint density at radius 2 is 1.82 bits per heavy atom. The third-order valence-corrected chi connectivity index (χ3v) is 2.64. The van der Waals surface area contributed by atoms with Crippen molar-refractivity contribution in [3.05, 3.63) is 30.3 Å². The Kier molecular flexibility index (Phi) is 3.42. The summed E-state index contributed by atoms with van der Waals surface area (Å²) in [5.74, 6) is -0.802. The Labute approximate surface area is 99.5 Å². The van der Waals surface area contributed by atoms with Gasteiger partial charge in [0.25, 0.3) is 0 Å². The zero-order valence-corrected chi connectivity index (χ0v) is 9.59. The molecule has 0 heterocycles. The second kappa shape index (κ2) is 4.99. The van der Waals surface area contributed by atoms with Crippen LogP contribution in [0.15, 0.2) is 30.3 Å². The van der Waals surface area contributed by atoms with Crippen LogP contribution in [-0.2, 0) is 14.3 Å². The summed E-state index contributed by atoms with van der Waals surface area (Å²) in [5, 5.41) is 0. The summed E-state index contributed by atoms with van der Waals surface area (Å²) in [6.45, 7) is 2.09. The highest BCUT2D eigenvalue weighted by Gasteiger charge is 2.50. The van der Waals surface area contributed by atoms with Crippen molar-refractivity contribution in [3.8, 4) is 5.75 Å². The zero-order valence-electron chi connectivity index (χ0n) is 9.59. The number of carbonyl (C=O) groups is 2. The van der Waals surface area contributed by atoms with E-state index in [4.69, 9.17) is 9.47 Å². The Morgan fingerprint density at radius 3 is 2.47 bits per heavy atom. The van der Waals surface area contributed by atoms with E-state index < -0.39 is 0 Å². The third kappa shape index (κ3) is 2.84. The van der Waals surface area contributed by atoms with Crippen molar-refractivity contribution < 1.29 is 19.1 Å². The molecule has 4 nitrogen and oxygen atoms in total. The number of carbonyl (C=O) groups excluding carboxylic acids is 2. The fourth-order valence-electron chi connectivity index (χ4n) is 1.65. The van der Waals surface area contributed by atoms with E-state index in [1.807, 2.05) is 6.07 Å². The Morgan fingerprint density at radius 1 is 1.18 bits per heavy atom. The lowest BCUT2D eigenvalue weighted by Crippen LogP contribution is -2.15. The highest BCUT2D eigenvalue weighted by molar-refractivity contribution is 5.88. The van der Waals surface area contributed by atoms with Gasteiger partial charge in [-0.15, -0.1) is 0 Å². The molecule has 1 aromatic rings. The fraction of sp³-hybridized carbons (Fsp3) is 0.385. The van der Waals surface area contributed by atoms with E-state index in [2.05, 4.69) is 0 Å². The van der Waals surface area contributed by atoms with E-state index in [0.29, 0.717) is 18.8 Å². The second-order valence-corrected chi connectivity index (χ2v) is 3.93. The van der Waals surface area contributed by atoms with Crippen molar-refractivity contribution in [1.82, 2.24) is 0 Å². The summed E-state index contributed by atoms with van der Waals surface area (Å²) in [7, 11) is 0. The van der Waals surface area contributed by atoms with E-state index in [-0.39, 0.29) is 23.8 Å². The van der Waals surface area contributed by atoms with Gasteiger partial charge in [0.05, 0.1) is 18.4 Å². The van der Waals surface area contributed by atoms with E-state index in [9.17, 15) is 9.59 Å². The minimum absolute atomic E-state index is 0.303. The Bertz CT molecular complexity index is 413. The van der Waals surface area contributed by atoms with Crippen LogP contribution < -0.4 is 4.74 Å². The average molecular weight is 234 g/mol. The van der Waals surface area contributed by atoms with E-state index in [1.54, 1.807) is 31.2 Å². The number of para-hydroxylation sites is 1. The molecule has 0 aliphatic heterocycles. The van der Waals surface area contributed by atoms with E-state index in [1.165, 1.54) is 0 Å². The Hall–Kier alpha value is -1.84. The molecule has 4 heteroatoms. The van der Waals surface area contributed by atoms with Crippen molar-refractivity contribution in [2.75, 3.05) is 6.61 Å². The molecule has 0 unspecified atom stereocenters. The van der Waals surface area contributed by atoms with Gasteiger partial charge < -0.3 is 9.47 Å². The lowest BCUT2D eigenvalue weighted by Gasteiger charge is -2.03. The largest absolute Gasteiger partial charge is 0.466 e. The second-order valence-electron chi connectivity index (χ2n) is 3.93. The number of ether oxygens (including phenoxy) is 2. The SMILES string of the molecule is CCOC(=O)[C@@H]1C[C@H]1C(=O)Oc1ccccc1. The predicted molar refractivity (Wildman–Crippen MR) is 60.3 cm³/mol. The monoisotopic (exact) mass is 234 g/mol. The minimum Gasteiger partial charge on any atom is -0.466 e. The molecule has 0 aromatic heterocycles. The highest BCUT2D eigenvalue weighted by Crippen LogP contribution is 2.40. The van der Waals surface area contributed by atoms with Crippen molar-refractivity contribution in [2.24, 2.45) is 11.8 Å². The molecule has 1 aliphatic rings. The van der Waals surface area contributed by atoms with Crippen LogP contribution >= 0.6 is 0 Å². The van der Waals surface area contributed by atoms with E-state index >= 15 is 0 Å². The molecule has 2 atom stereocenters. The summed E-state index contributed by atoms with van der Waals surface area (Å²) in [5.41, 5.74) is 0. The predicted octanol–water partition coefficient (Wildman–Crippen LogP) is 1.79. The maximum atomic E-state index is 11.7. The lowest BCUT2D eigenvalue weighted by molar-refractivity contribution is -0.147. The molecular formula is C13H14O4. The molecule has 0 spiro atoms. The van der Waals surface area contributed by atoms with Gasteiger partial charge in [-0.05, 0) is 25.5 Å². The molecule has 1 saturated carbocycles. The molecule has 90 valence electrons. The quantitative estimate of drug-likeness (QED) is 0.588. The van der Waals surface area contributed by atoms with Crippen LogP contribution in [0.5, 0.6) is 5.75 Å². The minimum atomic E-state index is -0.353. The summed E-state index contributed by atoms with van der Waals surface area (Å²) in [6.07, 6.45) is 0.532. The average Bonchev–Trinajstić information content (AvgIpc) is 3.10. The van der Waals surface area contributed by atoms with Crippen LogP contribution in [0.25, 0.3) is 0 Å². The first-order valence-corrected chi connectivity index (χ1v) is 5.65. The number of rotatable bonds is 4. The molecule has 0 N–H and O–H groups in total. The molecule has 0 radical (unpaired) electrons. The van der Waals surface area contributed by atoms with Gasteiger partial charge in [0.15, 0.2) is 0 Å². The van der Waals surface area contributed by atoms with Crippen LogP contribution in [0.2, 0.25) is 0 Å². The molecule has 1 fully saturated rings. The van der Waals surface area contributed by atoms with Gasteiger partial charge >= 0.3 is 11.9 Å². The van der Waals surface area contributed by atoms with Gasteiger partial charge in [0, 0.05) is 0 Å². The summed E-state index contributed by atoms with van der Waals surface area (Å²) < 4.78 is 10.00. The van der Waals surface area contributed by atoms with Crippen molar-refractivity contribution in [3.63, 3.8) is 0 Å².